The van der Waals surface area contributed by atoms with Gasteiger partial charge in [0.15, 0.2) is 0 Å². The van der Waals surface area contributed by atoms with E-state index in [1.165, 1.54) is 0 Å². The van der Waals surface area contributed by atoms with Gasteiger partial charge in [-0.05, 0) is 0 Å². The molecule has 0 unspecified atom stereocenters. The molecule has 0 aromatic carbocycles. The molecule has 0 saturated heterocycles. The maximum Gasteiger partial charge on any atom is 0.138 e. The first-order valence-electron chi connectivity index (χ1n) is 2.22. The molecule has 1 heteroatoms. The summed E-state index contributed by atoms with van der Waals surface area (Å²) >= 11 is 0. The highest BCUT2D eigenvalue weighted by atomic mass is 13.6. The lowest BCUT2D eigenvalue weighted by Gasteiger charge is -1.76. The third-order valence-electron chi connectivity index (χ3n) is 0.517. The van der Waals surface area contributed by atoms with Crippen molar-refractivity contribution < 1.29 is 0 Å². The monoisotopic (exact) mass is 92.1 g/mol. The van der Waals surface area contributed by atoms with Gasteiger partial charge in [-0.3, -0.25) is 0 Å². The van der Waals surface area contributed by atoms with Crippen LogP contribution in [0.4, 0.5) is 0 Å². The lowest BCUT2D eigenvalue weighted by atomic mass is 9.98. The first-order valence-corrected chi connectivity index (χ1v) is 2.22. The summed E-state index contributed by atoms with van der Waals surface area (Å²) in [5.41, 5.74) is 1.06. The summed E-state index contributed by atoms with van der Waals surface area (Å²) in [5.74, 6) is 0. The van der Waals surface area contributed by atoms with E-state index in [1.807, 2.05) is 20.0 Å². The van der Waals surface area contributed by atoms with Gasteiger partial charge in [0, 0.05) is 0 Å². The minimum Gasteiger partial charge on any atom is -0.105 e. The topological polar surface area (TPSA) is 0 Å². The third kappa shape index (κ3) is 5.28. The summed E-state index contributed by atoms with van der Waals surface area (Å²) in [6.45, 7) is 7.16. The fourth-order valence-electron chi connectivity index (χ4n) is 0.232. The highest BCUT2D eigenvalue weighted by Gasteiger charge is 1.66. The zero-order valence-electron chi connectivity index (χ0n) is 4.65. The summed E-state index contributed by atoms with van der Waals surface area (Å²) < 4.78 is 0. The number of hydrogen-bond donors (Lipinski definition) is 0. The van der Waals surface area contributed by atoms with E-state index in [4.69, 9.17) is 0 Å². The van der Waals surface area contributed by atoms with Crippen LogP contribution in [0.2, 0.25) is 0 Å². The summed E-state index contributed by atoms with van der Waals surface area (Å²) in [5, 5.41) is 0. The van der Waals surface area contributed by atoms with Gasteiger partial charge in [0.05, 0.1) is 0 Å². The minimum absolute atomic E-state index is 1.06. The van der Waals surface area contributed by atoms with Gasteiger partial charge >= 0.3 is 0 Å². The van der Waals surface area contributed by atoms with E-state index in [0.29, 0.717) is 0 Å². The molecular formula is C6H9B. The Morgan fingerprint density at radius 1 is 1.57 bits per heavy atom. The van der Waals surface area contributed by atoms with E-state index in [-0.39, 0.29) is 0 Å². The summed E-state index contributed by atoms with van der Waals surface area (Å²) in [6.07, 6.45) is 5.50. The molecule has 0 N–H and O–H groups in total. The van der Waals surface area contributed by atoms with Crippen molar-refractivity contribution in [1.29, 1.82) is 0 Å². The Labute approximate surface area is 45.6 Å². The van der Waals surface area contributed by atoms with Crippen molar-refractivity contribution in [2.75, 3.05) is 0 Å². The van der Waals surface area contributed by atoms with Crippen molar-refractivity contribution in [3.8, 4) is 0 Å². The SMILES string of the molecule is BC(=C)/C=C\C=C. The molecule has 0 saturated carbocycles. The zero-order chi connectivity index (χ0) is 5.70. The van der Waals surface area contributed by atoms with Gasteiger partial charge in [-0.2, -0.15) is 0 Å². The van der Waals surface area contributed by atoms with E-state index in [1.54, 1.807) is 6.08 Å². The second kappa shape index (κ2) is 3.47. The Bertz CT molecular complexity index is 101. The standard InChI is InChI=1S/C6H9B/c1-3-4-5-6(2)7/h3-5H,1-2,7H2/b5-4-. The van der Waals surface area contributed by atoms with Gasteiger partial charge in [-0.15, -0.1) is 6.58 Å². The molecule has 0 bridgehead atoms. The van der Waals surface area contributed by atoms with Gasteiger partial charge in [0.2, 0.25) is 0 Å². The number of hydrogen-bond acceptors (Lipinski definition) is 0. The maximum absolute atomic E-state index is 3.66. The van der Waals surface area contributed by atoms with E-state index in [2.05, 4.69) is 13.2 Å². The lowest BCUT2D eigenvalue weighted by Crippen LogP contribution is -1.64. The fraction of sp³-hybridized carbons (Fsp3) is 0. The second-order valence-corrected chi connectivity index (χ2v) is 1.44. The van der Waals surface area contributed by atoms with Gasteiger partial charge in [0.25, 0.3) is 0 Å². The van der Waals surface area contributed by atoms with Crippen molar-refractivity contribution in [2.45, 2.75) is 0 Å². The molecule has 0 amide bonds. The number of rotatable bonds is 2. The van der Waals surface area contributed by atoms with E-state index < -0.39 is 0 Å². The van der Waals surface area contributed by atoms with Crippen molar-refractivity contribution in [3.05, 3.63) is 36.9 Å². The van der Waals surface area contributed by atoms with E-state index in [0.717, 1.165) is 5.47 Å². The highest BCUT2D eigenvalue weighted by Crippen LogP contribution is 1.81. The zero-order valence-corrected chi connectivity index (χ0v) is 4.65. The van der Waals surface area contributed by atoms with Gasteiger partial charge < -0.3 is 0 Å². The lowest BCUT2D eigenvalue weighted by molar-refractivity contribution is 1.92. The Kier molecular flexibility index (Phi) is 3.12. The second-order valence-electron chi connectivity index (χ2n) is 1.44. The third-order valence-corrected chi connectivity index (χ3v) is 0.517. The maximum atomic E-state index is 3.66. The Morgan fingerprint density at radius 3 is 2.29 bits per heavy atom. The molecule has 0 aliphatic rings. The van der Waals surface area contributed by atoms with E-state index in [9.17, 15) is 0 Å². The molecule has 36 valence electrons. The molecule has 0 radical (unpaired) electrons. The highest BCUT2D eigenvalue weighted by molar-refractivity contribution is 6.23. The molecule has 0 nitrogen and oxygen atoms in total. The average Bonchev–Trinajstić information content (AvgIpc) is 1.61. The van der Waals surface area contributed by atoms with Crippen LogP contribution in [-0.2, 0) is 0 Å². The predicted octanol–water partition coefficient (Wildman–Crippen LogP) is 0.875. The molecule has 0 aromatic heterocycles. The van der Waals surface area contributed by atoms with Crippen LogP contribution in [0.25, 0.3) is 0 Å². The van der Waals surface area contributed by atoms with Gasteiger partial charge in [-0.25, -0.2) is 0 Å². The summed E-state index contributed by atoms with van der Waals surface area (Å²) in [6, 6.07) is 0. The molecule has 0 fully saturated rings. The normalized spacial score (nSPS) is 9.14. The Morgan fingerprint density at radius 2 is 2.14 bits per heavy atom. The molecule has 0 aliphatic heterocycles. The molecule has 0 aromatic rings. The average molecular weight is 91.9 g/mol. The molecule has 7 heavy (non-hydrogen) atoms. The van der Waals surface area contributed by atoms with Crippen LogP contribution in [0.15, 0.2) is 36.9 Å². The molecule has 0 spiro atoms. The summed E-state index contributed by atoms with van der Waals surface area (Å²) in [4.78, 5) is 0. The van der Waals surface area contributed by atoms with Crippen molar-refractivity contribution in [3.63, 3.8) is 0 Å². The van der Waals surface area contributed by atoms with Crippen LogP contribution in [0, 0.1) is 0 Å². The fourth-order valence-corrected chi connectivity index (χ4v) is 0.232. The quantitative estimate of drug-likeness (QED) is 0.350. The minimum atomic E-state index is 1.06. The Balaban J connectivity index is 3.46. The molecule has 0 atom stereocenters. The van der Waals surface area contributed by atoms with Crippen LogP contribution in [0.5, 0.6) is 0 Å². The molecule has 0 heterocycles. The largest absolute Gasteiger partial charge is 0.138 e. The Hall–Kier alpha value is -0.715. The van der Waals surface area contributed by atoms with E-state index >= 15 is 0 Å². The van der Waals surface area contributed by atoms with Crippen molar-refractivity contribution in [2.24, 2.45) is 0 Å². The smallest absolute Gasteiger partial charge is 0.105 e. The molecule has 0 aliphatic carbocycles. The van der Waals surface area contributed by atoms with Crippen LogP contribution >= 0.6 is 0 Å². The van der Waals surface area contributed by atoms with Crippen molar-refractivity contribution in [1.82, 2.24) is 0 Å². The molecule has 0 rings (SSSR count). The van der Waals surface area contributed by atoms with Gasteiger partial charge in [-0.1, -0.05) is 30.3 Å². The van der Waals surface area contributed by atoms with Crippen LogP contribution < -0.4 is 0 Å². The van der Waals surface area contributed by atoms with Crippen LogP contribution in [0.3, 0.4) is 0 Å². The van der Waals surface area contributed by atoms with Crippen LogP contribution in [0.1, 0.15) is 0 Å². The predicted molar refractivity (Wildman–Crippen MR) is 37.0 cm³/mol. The van der Waals surface area contributed by atoms with Crippen molar-refractivity contribution >= 4 is 7.85 Å². The first-order chi connectivity index (χ1) is 3.27. The first kappa shape index (κ1) is 6.28. The van der Waals surface area contributed by atoms with Crippen LogP contribution in [-0.4, -0.2) is 7.85 Å². The number of allylic oxidation sites excluding steroid dienone is 4. The van der Waals surface area contributed by atoms with Gasteiger partial charge in [0.1, 0.15) is 7.85 Å². The summed E-state index contributed by atoms with van der Waals surface area (Å²) in [7, 11) is 1.94. The molecular weight excluding hydrogens is 82.9 g/mol.